The number of carbonyl (C=O) groups excluding carboxylic acids is 1. The van der Waals surface area contributed by atoms with Crippen LogP contribution < -0.4 is 10.2 Å². The maximum absolute atomic E-state index is 12.4. The Morgan fingerprint density at radius 3 is 2.64 bits per heavy atom. The highest BCUT2D eigenvalue weighted by molar-refractivity contribution is 5.92. The van der Waals surface area contributed by atoms with E-state index in [4.69, 9.17) is 0 Å². The topological polar surface area (TPSA) is 55.8 Å². The van der Waals surface area contributed by atoms with Crippen molar-refractivity contribution in [2.75, 3.05) is 36.5 Å². The Hall–Kier alpha value is -1.59. The number of aliphatic hydroxyl groups is 1. The standard InChI is InChI=1S/C20H33N3O2/c1-4-23(16(2)3)19-10-8-17(9-11-19)21-20(25)15-22-13-6-5-7-18(22)12-14-24/h8-11,16,18,24H,4-7,12-15H2,1-3H3,(H,21,25). The molecule has 1 aromatic rings. The van der Waals surface area contributed by atoms with Crippen LogP contribution in [0.25, 0.3) is 0 Å². The lowest BCUT2D eigenvalue weighted by molar-refractivity contribution is -0.118. The van der Waals surface area contributed by atoms with Crippen LogP contribution in [0.5, 0.6) is 0 Å². The summed E-state index contributed by atoms with van der Waals surface area (Å²) >= 11 is 0. The summed E-state index contributed by atoms with van der Waals surface area (Å²) in [6, 6.07) is 8.85. The van der Waals surface area contributed by atoms with Crippen molar-refractivity contribution < 1.29 is 9.90 Å². The van der Waals surface area contributed by atoms with E-state index in [1.165, 1.54) is 12.1 Å². The van der Waals surface area contributed by atoms with Crippen LogP contribution >= 0.6 is 0 Å². The fraction of sp³-hybridized carbons (Fsp3) is 0.650. The van der Waals surface area contributed by atoms with E-state index in [9.17, 15) is 9.90 Å². The molecule has 0 radical (unpaired) electrons. The van der Waals surface area contributed by atoms with Gasteiger partial charge in [0.15, 0.2) is 0 Å². The molecule has 0 spiro atoms. The molecule has 1 fully saturated rings. The smallest absolute Gasteiger partial charge is 0.238 e. The largest absolute Gasteiger partial charge is 0.396 e. The number of nitrogens with zero attached hydrogens (tertiary/aromatic N) is 2. The van der Waals surface area contributed by atoms with Gasteiger partial charge in [-0.1, -0.05) is 6.42 Å². The summed E-state index contributed by atoms with van der Waals surface area (Å²) in [5, 5.41) is 12.2. The lowest BCUT2D eigenvalue weighted by Gasteiger charge is -2.34. The second kappa shape index (κ2) is 9.78. The molecular formula is C20H33N3O2. The maximum atomic E-state index is 12.4. The zero-order valence-corrected chi connectivity index (χ0v) is 15.9. The van der Waals surface area contributed by atoms with Crippen LogP contribution in [-0.2, 0) is 4.79 Å². The molecule has 5 nitrogen and oxygen atoms in total. The van der Waals surface area contributed by atoms with Gasteiger partial charge in [0, 0.05) is 36.6 Å². The lowest BCUT2D eigenvalue weighted by atomic mass is 10.00. The fourth-order valence-corrected chi connectivity index (χ4v) is 3.71. The van der Waals surface area contributed by atoms with Gasteiger partial charge in [-0.05, 0) is 70.8 Å². The van der Waals surface area contributed by atoms with Crippen molar-refractivity contribution in [1.82, 2.24) is 4.90 Å². The summed E-state index contributed by atoms with van der Waals surface area (Å²) in [5.74, 6) is 0.0220. The number of anilines is 2. The number of nitrogens with one attached hydrogen (secondary N) is 1. The molecule has 2 rings (SSSR count). The van der Waals surface area contributed by atoms with E-state index in [2.05, 4.69) is 48.0 Å². The predicted molar refractivity (Wildman–Crippen MR) is 104 cm³/mol. The SMILES string of the molecule is CCN(c1ccc(NC(=O)CN2CCCCC2CCO)cc1)C(C)C. The van der Waals surface area contributed by atoms with Gasteiger partial charge in [-0.3, -0.25) is 9.69 Å². The van der Waals surface area contributed by atoms with Gasteiger partial charge in [0.2, 0.25) is 5.91 Å². The first-order valence-corrected chi connectivity index (χ1v) is 9.56. The number of amides is 1. The number of rotatable bonds is 8. The van der Waals surface area contributed by atoms with Crippen molar-refractivity contribution in [3.63, 3.8) is 0 Å². The van der Waals surface area contributed by atoms with E-state index in [1.807, 2.05) is 12.1 Å². The number of carbonyl (C=O) groups is 1. The van der Waals surface area contributed by atoms with E-state index >= 15 is 0 Å². The van der Waals surface area contributed by atoms with Crippen LogP contribution in [0.4, 0.5) is 11.4 Å². The molecule has 25 heavy (non-hydrogen) atoms. The highest BCUT2D eigenvalue weighted by atomic mass is 16.3. The minimum absolute atomic E-state index is 0.0220. The number of hydrogen-bond acceptors (Lipinski definition) is 4. The molecule has 1 heterocycles. The van der Waals surface area contributed by atoms with Gasteiger partial charge < -0.3 is 15.3 Å². The summed E-state index contributed by atoms with van der Waals surface area (Å²) in [5.41, 5.74) is 2.01. The Morgan fingerprint density at radius 2 is 2.04 bits per heavy atom. The van der Waals surface area contributed by atoms with E-state index in [0.717, 1.165) is 38.0 Å². The second-order valence-electron chi connectivity index (χ2n) is 7.11. The first kappa shape index (κ1) is 19.7. The van der Waals surface area contributed by atoms with Crippen LogP contribution in [0.3, 0.4) is 0 Å². The summed E-state index contributed by atoms with van der Waals surface area (Å²) < 4.78 is 0. The zero-order chi connectivity index (χ0) is 18.2. The maximum Gasteiger partial charge on any atom is 0.238 e. The number of likely N-dealkylation sites (tertiary alicyclic amines) is 1. The molecule has 1 atom stereocenters. The zero-order valence-electron chi connectivity index (χ0n) is 15.9. The Bertz CT molecular complexity index is 528. The molecule has 1 aliphatic heterocycles. The summed E-state index contributed by atoms with van der Waals surface area (Å²) in [6.07, 6.45) is 4.15. The van der Waals surface area contributed by atoms with Gasteiger partial charge >= 0.3 is 0 Å². The van der Waals surface area contributed by atoms with E-state index in [1.54, 1.807) is 0 Å². The first-order chi connectivity index (χ1) is 12.0. The van der Waals surface area contributed by atoms with Crippen molar-refractivity contribution in [2.24, 2.45) is 0 Å². The molecule has 1 amide bonds. The Labute approximate surface area is 152 Å². The molecule has 2 N–H and O–H groups in total. The quantitative estimate of drug-likeness (QED) is 0.759. The Kier molecular flexibility index (Phi) is 7.72. The minimum atomic E-state index is 0.0220. The Morgan fingerprint density at radius 1 is 1.32 bits per heavy atom. The fourth-order valence-electron chi connectivity index (χ4n) is 3.71. The number of benzene rings is 1. The van der Waals surface area contributed by atoms with Crippen LogP contribution in [-0.4, -0.2) is 54.2 Å². The molecular weight excluding hydrogens is 314 g/mol. The van der Waals surface area contributed by atoms with E-state index in [0.29, 0.717) is 18.6 Å². The van der Waals surface area contributed by atoms with Gasteiger partial charge in [-0.25, -0.2) is 0 Å². The number of aliphatic hydroxyl groups excluding tert-OH is 1. The second-order valence-corrected chi connectivity index (χ2v) is 7.11. The van der Waals surface area contributed by atoms with Crippen molar-refractivity contribution in [2.45, 2.75) is 58.5 Å². The average molecular weight is 348 g/mol. The number of hydrogen-bond donors (Lipinski definition) is 2. The van der Waals surface area contributed by atoms with Crippen LogP contribution in [0.2, 0.25) is 0 Å². The van der Waals surface area contributed by atoms with Crippen molar-refractivity contribution in [3.05, 3.63) is 24.3 Å². The van der Waals surface area contributed by atoms with Gasteiger partial charge in [0.05, 0.1) is 6.54 Å². The molecule has 140 valence electrons. The van der Waals surface area contributed by atoms with Crippen molar-refractivity contribution >= 4 is 17.3 Å². The average Bonchev–Trinajstić information content (AvgIpc) is 2.58. The highest BCUT2D eigenvalue weighted by Gasteiger charge is 2.23. The van der Waals surface area contributed by atoms with Crippen LogP contribution in [0.15, 0.2) is 24.3 Å². The molecule has 0 saturated carbocycles. The van der Waals surface area contributed by atoms with Gasteiger partial charge in [-0.2, -0.15) is 0 Å². The van der Waals surface area contributed by atoms with Crippen LogP contribution in [0, 0.1) is 0 Å². The van der Waals surface area contributed by atoms with Gasteiger partial charge in [0.1, 0.15) is 0 Å². The molecule has 1 aromatic carbocycles. The van der Waals surface area contributed by atoms with E-state index < -0.39 is 0 Å². The Balaban J connectivity index is 1.91. The monoisotopic (exact) mass is 347 g/mol. The molecule has 0 aliphatic carbocycles. The normalized spacial score (nSPS) is 18.4. The van der Waals surface area contributed by atoms with Crippen molar-refractivity contribution in [1.29, 1.82) is 0 Å². The molecule has 5 heteroatoms. The third-order valence-corrected chi connectivity index (χ3v) is 5.00. The van der Waals surface area contributed by atoms with E-state index in [-0.39, 0.29) is 12.5 Å². The molecule has 0 aromatic heterocycles. The summed E-state index contributed by atoms with van der Waals surface area (Å²) in [6.45, 7) is 9.01. The predicted octanol–water partition coefficient (Wildman–Crippen LogP) is 3.10. The molecule has 0 bridgehead atoms. The molecule has 1 saturated heterocycles. The minimum Gasteiger partial charge on any atom is -0.396 e. The highest BCUT2D eigenvalue weighted by Crippen LogP contribution is 2.21. The third kappa shape index (κ3) is 5.72. The summed E-state index contributed by atoms with van der Waals surface area (Å²) in [7, 11) is 0. The molecule has 1 aliphatic rings. The van der Waals surface area contributed by atoms with Gasteiger partial charge in [-0.15, -0.1) is 0 Å². The van der Waals surface area contributed by atoms with Crippen LogP contribution in [0.1, 0.15) is 46.5 Å². The first-order valence-electron chi connectivity index (χ1n) is 9.56. The molecule has 1 unspecified atom stereocenters. The number of piperidine rings is 1. The van der Waals surface area contributed by atoms with Crippen molar-refractivity contribution in [3.8, 4) is 0 Å². The third-order valence-electron chi connectivity index (χ3n) is 5.00. The van der Waals surface area contributed by atoms with Gasteiger partial charge in [0.25, 0.3) is 0 Å². The lowest BCUT2D eigenvalue weighted by Crippen LogP contribution is -2.44. The summed E-state index contributed by atoms with van der Waals surface area (Å²) in [4.78, 5) is 16.9.